The molecule has 0 aliphatic carbocycles. The minimum Gasteiger partial charge on any atom is -0.494 e. The predicted molar refractivity (Wildman–Crippen MR) is 174 cm³/mol. The number of carbonyl (C=O) groups is 2. The Morgan fingerprint density at radius 1 is 0.780 bits per heavy atom. The summed E-state index contributed by atoms with van der Waals surface area (Å²) in [7, 11) is 0. The van der Waals surface area contributed by atoms with Crippen molar-refractivity contribution in [2.24, 2.45) is 17.8 Å². The number of benzene rings is 2. The van der Waals surface area contributed by atoms with E-state index in [2.05, 4.69) is 39.2 Å². The zero-order valence-electron chi connectivity index (χ0n) is 24.9. The molecule has 0 amide bonds. The molecule has 0 spiro atoms. The summed E-state index contributed by atoms with van der Waals surface area (Å²) >= 11 is 12.0. The van der Waals surface area contributed by atoms with Gasteiger partial charge in [-0.3, -0.25) is 9.59 Å². The molecule has 0 saturated carbocycles. The lowest BCUT2D eigenvalue weighted by molar-refractivity contribution is 0.0880. The van der Waals surface area contributed by atoms with Crippen LogP contribution in [0, 0.1) is 17.8 Å². The van der Waals surface area contributed by atoms with E-state index in [1.165, 1.54) is 0 Å². The van der Waals surface area contributed by atoms with Gasteiger partial charge in [-0.2, -0.15) is 0 Å². The van der Waals surface area contributed by atoms with Gasteiger partial charge in [-0.05, 0) is 85.2 Å². The second-order valence-corrected chi connectivity index (χ2v) is 11.7. The maximum atomic E-state index is 13.7. The fourth-order valence-corrected chi connectivity index (χ4v) is 4.64. The van der Waals surface area contributed by atoms with Crippen LogP contribution >= 0.6 is 35.6 Å². The number of rotatable bonds is 20. The van der Waals surface area contributed by atoms with Crippen molar-refractivity contribution in [3.05, 3.63) is 71.8 Å². The van der Waals surface area contributed by atoms with Crippen molar-refractivity contribution in [1.82, 2.24) is 4.90 Å². The molecule has 5 nitrogen and oxygen atoms in total. The van der Waals surface area contributed by atoms with Crippen LogP contribution in [0.3, 0.4) is 0 Å². The van der Waals surface area contributed by atoms with E-state index in [0.717, 1.165) is 24.3 Å². The molecule has 0 aromatic heterocycles. The molecular formula is C33H46Cl3NO4. The number of alkyl halides is 2. The highest BCUT2D eigenvalue weighted by atomic mass is 35.5. The van der Waals surface area contributed by atoms with E-state index < -0.39 is 5.92 Å². The fourth-order valence-electron chi connectivity index (χ4n) is 4.16. The lowest BCUT2D eigenvalue weighted by Crippen LogP contribution is -2.36. The van der Waals surface area contributed by atoms with Crippen LogP contribution in [-0.4, -0.2) is 61.1 Å². The largest absolute Gasteiger partial charge is 0.494 e. The van der Waals surface area contributed by atoms with Gasteiger partial charge < -0.3 is 14.4 Å². The maximum absolute atomic E-state index is 13.7. The molecule has 2 rings (SSSR count). The summed E-state index contributed by atoms with van der Waals surface area (Å²) in [5.74, 6) is 2.72. The van der Waals surface area contributed by atoms with Gasteiger partial charge in [0.2, 0.25) is 0 Å². The summed E-state index contributed by atoms with van der Waals surface area (Å²) in [6.07, 6.45) is 2.16. The van der Waals surface area contributed by atoms with Crippen LogP contribution in [0.1, 0.15) is 67.7 Å². The summed E-state index contributed by atoms with van der Waals surface area (Å²) in [4.78, 5) is 29.0. The number of carbonyl (C=O) groups excluding carboxylic acids is 2. The first kappa shape index (κ1) is 37.0. The highest BCUT2D eigenvalue weighted by Crippen LogP contribution is 2.24. The second-order valence-electron chi connectivity index (χ2n) is 11.0. The van der Waals surface area contributed by atoms with E-state index >= 15 is 0 Å². The topological polar surface area (TPSA) is 55.8 Å². The Bertz CT molecular complexity index is 1050. The first-order chi connectivity index (χ1) is 19.1. The van der Waals surface area contributed by atoms with Crippen molar-refractivity contribution in [2.75, 3.05) is 44.6 Å². The first-order valence-electron chi connectivity index (χ1n) is 14.2. The molecule has 0 fully saturated rings. The summed E-state index contributed by atoms with van der Waals surface area (Å²) in [6, 6.07) is 14.3. The zero-order chi connectivity index (χ0) is 29.5. The van der Waals surface area contributed by atoms with E-state index in [1.807, 2.05) is 12.1 Å². The van der Waals surface area contributed by atoms with Gasteiger partial charge >= 0.3 is 0 Å². The summed E-state index contributed by atoms with van der Waals surface area (Å²) in [5, 5.41) is 0. The van der Waals surface area contributed by atoms with Gasteiger partial charge in [0.05, 0.1) is 13.2 Å². The van der Waals surface area contributed by atoms with Crippen LogP contribution in [-0.2, 0) is 0 Å². The number of Topliss-reactive ketones (excluding diaryl/α,β-unsaturated/α-hetero) is 2. The third-order valence-electron chi connectivity index (χ3n) is 6.65. The standard InChI is InChI=1S/C33H45Cl2NO4.ClH/c1-24(2)14-20-39-30-10-6-27(7-11-30)32(37)26(5)22-29(23-36(18-16-34)19-17-35)33(38)28-8-12-31(13-9-28)40-21-15-25(3)4;/h6-13,24-25,29H,5,14-23H2,1-4H3;1H. The van der Waals surface area contributed by atoms with Crippen LogP contribution in [0.15, 0.2) is 60.7 Å². The number of allylic oxidation sites excluding steroid dienone is 1. The normalized spacial score (nSPS) is 11.8. The van der Waals surface area contributed by atoms with E-state index in [4.69, 9.17) is 32.7 Å². The molecule has 0 heterocycles. The van der Waals surface area contributed by atoms with Crippen LogP contribution in [0.4, 0.5) is 0 Å². The van der Waals surface area contributed by atoms with Gasteiger partial charge in [0, 0.05) is 48.4 Å². The van der Waals surface area contributed by atoms with E-state index in [1.54, 1.807) is 36.4 Å². The van der Waals surface area contributed by atoms with Crippen LogP contribution < -0.4 is 9.47 Å². The smallest absolute Gasteiger partial charge is 0.188 e. The van der Waals surface area contributed by atoms with Gasteiger partial charge in [0.15, 0.2) is 11.6 Å². The van der Waals surface area contributed by atoms with Crippen molar-refractivity contribution < 1.29 is 19.1 Å². The number of halogens is 3. The number of nitrogens with zero attached hydrogens (tertiary/aromatic N) is 1. The minimum atomic E-state index is -0.478. The SMILES string of the molecule is C=C(CC(CN(CCCl)CCCl)C(=O)c1ccc(OCCC(C)C)cc1)C(=O)c1ccc(OCCC(C)C)cc1.Cl. The van der Waals surface area contributed by atoms with Gasteiger partial charge in [0.25, 0.3) is 0 Å². The average molecular weight is 627 g/mol. The quantitative estimate of drug-likeness (QED) is 0.0840. The lowest BCUT2D eigenvalue weighted by atomic mass is 9.88. The Kier molecular flexibility index (Phi) is 18.0. The fraction of sp³-hybridized carbons (Fsp3) is 0.515. The van der Waals surface area contributed by atoms with Crippen LogP contribution in [0.5, 0.6) is 11.5 Å². The first-order valence-corrected chi connectivity index (χ1v) is 15.3. The Morgan fingerprint density at radius 2 is 1.22 bits per heavy atom. The van der Waals surface area contributed by atoms with Gasteiger partial charge in [-0.25, -0.2) is 0 Å². The number of ketones is 2. The Hall–Kier alpha value is -2.05. The Balaban J connectivity index is 0.00000840. The Morgan fingerprint density at radius 3 is 1.63 bits per heavy atom. The minimum absolute atomic E-state index is 0. The highest BCUT2D eigenvalue weighted by Gasteiger charge is 2.26. The molecule has 41 heavy (non-hydrogen) atoms. The van der Waals surface area contributed by atoms with Crippen molar-refractivity contribution >= 4 is 47.2 Å². The number of hydrogen-bond donors (Lipinski definition) is 0. The molecule has 0 N–H and O–H groups in total. The molecular weight excluding hydrogens is 581 g/mol. The van der Waals surface area contributed by atoms with Crippen LogP contribution in [0.25, 0.3) is 0 Å². The van der Waals surface area contributed by atoms with Crippen molar-refractivity contribution in [3.63, 3.8) is 0 Å². The molecule has 8 heteroatoms. The van der Waals surface area contributed by atoms with Gasteiger partial charge in [-0.1, -0.05) is 34.3 Å². The van der Waals surface area contributed by atoms with Crippen molar-refractivity contribution in [3.8, 4) is 11.5 Å². The number of hydrogen-bond acceptors (Lipinski definition) is 5. The van der Waals surface area contributed by atoms with E-state index in [0.29, 0.717) is 73.1 Å². The van der Waals surface area contributed by atoms with Crippen LogP contribution in [0.2, 0.25) is 0 Å². The monoisotopic (exact) mass is 625 g/mol. The second kappa shape index (κ2) is 20.0. The molecule has 0 saturated heterocycles. The molecule has 0 radical (unpaired) electrons. The lowest BCUT2D eigenvalue weighted by Gasteiger charge is -2.26. The Labute approximate surface area is 263 Å². The van der Waals surface area contributed by atoms with E-state index in [9.17, 15) is 9.59 Å². The average Bonchev–Trinajstić information content (AvgIpc) is 2.92. The molecule has 0 bridgehead atoms. The molecule has 0 aliphatic rings. The zero-order valence-corrected chi connectivity index (χ0v) is 27.2. The third-order valence-corrected chi connectivity index (χ3v) is 6.99. The number of ether oxygens (including phenoxy) is 2. The summed E-state index contributed by atoms with van der Waals surface area (Å²) in [6.45, 7) is 15.6. The summed E-state index contributed by atoms with van der Waals surface area (Å²) < 4.78 is 11.6. The molecule has 1 unspecified atom stereocenters. The van der Waals surface area contributed by atoms with Crippen molar-refractivity contribution in [1.29, 1.82) is 0 Å². The third kappa shape index (κ3) is 13.6. The van der Waals surface area contributed by atoms with Gasteiger partial charge in [-0.15, -0.1) is 35.6 Å². The molecule has 2 aromatic carbocycles. The molecule has 2 aromatic rings. The van der Waals surface area contributed by atoms with Crippen molar-refractivity contribution in [2.45, 2.75) is 47.0 Å². The highest BCUT2D eigenvalue weighted by molar-refractivity contribution is 6.18. The molecule has 228 valence electrons. The molecule has 1 atom stereocenters. The van der Waals surface area contributed by atoms with Gasteiger partial charge in [0.1, 0.15) is 11.5 Å². The van der Waals surface area contributed by atoms with E-state index in [-0.39, 0.29) is 30.4 Å². The predicted octanol–water partition coefficient (Wildman–Crippen LogP) is 8.37. The molecule has 0 aliphatic heterocycles. The summed E-state index contributed by atoms with van der Waals surface area (Å²) in [5.41, 5.74) is 1.48. The maximum Gasteiger partial charge on any atom is 0.188 e.